The second kappa shape index (κ2) is 9.25. The lowest BCUT2D eigenvalue weighted by atomic mass is 10.1. The summed E-state index contributed by atoms with van der Waals surface area (Å²) in [6.07, 6.45) is 6.76. The van der Waals surface area contributed by atoms with E-state index in [1.807, 2.05) is 26.8 Å². The van der Waals surface area contributed by atoms with Crippen LogP contribution in [0.2, 0.25) is 0 Å². The van der Waals surface area contributed by atoms with Gasteiger partial charge in [-0.25, -0.2) is 15.0 Å². The number of ether oxygens (including phenoxy) is 1. The number of fused-ring (bicyclic) bond motifs is 1. The molecule has 11 heteroatoms. The van der Waals surface area contributed by atoms with Crippen LogP contribution in [-0.4, -0.2) is 47.0 Å². The molecule has 0 aromatic carbocycles. The van der Waals surface area contributed by atoms with Crippen LogP contribution in [0.4, 0.5) is 17.5 Å². The molecule has 4 N–H and O–H groups in total. The summed E-state index contributed by atoms with van der Waals surface area (Å²) in [5, 5.41) is 23.4. The van der Waals surface area contributed by atoms with E-state index in [4.69, 9.17) is 9.84 Å². The lowest BCUT2D eigenvalue weighted by Crippen LogP contribution is -2.29. The maximum Gasteiger partial charge on any atom is 0.262 e. The minimum absolute atomic E-state index is 0.0178. The summed E-state index contributed by atoms with van der Waals surface area (Å²) in [4.78, 5) is 26.2. The molecule has 33 heavy (non-hydrogen) atoms. The summed E-state index contributed by atoms with van der Waals surface area (Å²) < 4.78 is 7.23. The van der Waals surface area contributed by atoms with E-state index < -0.39 is 0 Å². The van der Waals surface area contributed by atoms with Gasteiger partial charge in [0.05, 0.1) is 17.8 Å². The van der Waals surface area contributed by atoms with Crippen molar-refractivity contribution in [2.45, 2.75) is 39.3 Å². The van der Waals surface area contributed by atoms with Crippen LogP contribution in [0.15, 0.2) is 47.9 Å². The van der Waals surface area contributed by atoms with Gasteiger partial charge in [-0.2, -0.15) is 5.10 Å². The molecule has 0 aliphatic rings. The Bertz CT molecular complexity index is 1300. The van der Waals surface area contributed by atoms with Gasteiger partial charge in [-0.15, -0.1) is 0 Å². The van der Waals surface area contributed by atoms with Crippen LogP contribution in [0, 0.1) is 0 Å². The molecule has 0 amide bonds. The number of rotatable bonds is 8. The van der Waals surface area contributed by atoms with E-state index in [9.17, 15) is 4.79 Å². The van der Waals surface area contributed by atoms with Gasteiger partial charge in [-0.3, -0.25) is 9.89 Å². The number of nitrogens with zero attached hydrogens (tertiary/aromatic N) is 5. The van der Waals surface area contributed by atoms with E-state index >= 15 is 0 Å². The first kappa shape index (κ1) is 22.2. The number of aryl methyl sites for hydroxylation is 1. The van der Waals surface area contributed by atoms with Crippen molar-refractivity contribution in [3.05, 3.63) is 53.5 Å². The number of aliphatic hydroxyl groups is 1. The van der Waals surface area contributed by atoms with Crippen molar-refractivity contribution >= 4 is 28.2 Å². The minimum Gasteiger partial charge on any atom is -0.436 e. The molecule has 0 bridgehead atoms. The summed E-state index contributed by atoms with van der Waals surface area (Å²) in [5.41, 5.74) is -0.485. The number of aliphatic hydroxyl groups excluding tert-OH is 1. The van der Waals surface area contributed by atoms with Gasteiger partial charge in [0, 0.05) is 31.0 Å². The van der Waals surface area contributed by atoms with Crippen LogP contribution in [0.3, 0.4) is 0 Å². The molecule has 0 radical (unpaired) electrons. The van der Waals surface area contributed by atoms with Crippen molar-refractivity contribution in [3.8, 4) is 11.6 Å². The number of anilines is 3. The number of aromatic amines is 1. The van der Waals surface area contributed by atoms with Crippen molar-refractivity contribution in [2.75, 3.05) is 17.2 Å². The third-order valence-electron chi connectivity index (χ3n) is 4.60. The molecule has 4 aromatic heterocycles. The van der Waals surface area contributed by atoms with Crippen LogP contribution in [-0.2, 0) is 6.54 Å². The van der Waals surface area contributed by atoms with E-state index in [2.05, 4.69) is 35.8 Å². The number of pyridine rings is 2. The van der Waals surface area contributed by atoms with E-state index in [1.165, 1.54) is 12.5 Å². The smallest absolute Gasteiger partial charge is 0.262 e. The Hall–Kier alpha value is -3.99. The van der Waals surface area contributed by atoms with Gasteiger partial charge in [0.2, 0.25) is 5.88 Å². The van der Waals surface area contributed by atoms with Gasteiger partial charge >= 0.3 is 0 Å². The van der Waals surface area contributed by atoms with E-state index in [0.717, 1.165) is 5.39 Å². The third-order valence-corrected chi connectivity index (χ3v) is 4.60. The number of hydrogen-bond acceptors (Lipinski definition) is 9. The maximum atomic E-state index is 13.1. The lowest BCUT2D eigenvalue weighted by Gasteiger charge is -2.23. The highest BCUT2D eigenvalue weighted by atomic mass is 16.5. The molecule has 0 fully saturated rings. The summed E-state index contributed by atoms with van der Waals surface area (Å²) in [6, 6.07) is 5.30. The fraction of sp³-hybridized carbons (Fsp3) is 0.318. The number of aromatic nitrogens is 6. The molecule has 0 atom stereocenters. The molecule has 172 valence electrons. The minimum atomic E-state index is -0.322. The quantitative estimate of drug-likeness (QED) is 0.318. The second-order valence-electron chi connectivity index (χ2n) is 8.49. The summed E-state index contributed by atoms with van der Waals surface area (Å²) in [5.74, 6) is 2.32. The van der Waals surface area contributed by atoms with Gasteiger partial charge < -0.3 is 25.0 Å². The van der Waals surface area contributed by atoms with Crippen molar-refractivity contribution < 1.29 is 9.84 Å². The van der Waals surface area contributed by atoms with Crippen molar-refractivity contribution in [1.29, 1.82) is 0 Å². The summed E-state index contributed by atoms with van der Waals surface area (Å²) in [6.45, 7) is 6.44. The van der Waals surface area contributed by atoms with Gasteiger partial charge in [-0.1, -0.05) is 0 Å². The fourth-order valence-corrected chi connectivity index (χ4v) is 3.24. The highest BCUT2D eigenvalue weighted by Gasteiger charge is 2.17. The predicted octanol–water partition coefficient (Wildman–Crippen LogP) is 3.04. The molecule has 0 aliphatic carbocycles. The average molecular weight is 451 g/mol. The largest absolute Gasteiger partial charge is 0.436 e. The first-order valence-corrected chi connectivity index (χ1v) is 10.5. The van der Waals surface area contributed by atoms with Gasteiger partial charge in [-0.05, 0) is 44.7 Å². The zero-order chi connectivity index (χ0) is 23.4. The Morgan fingerprint density at radius 1 is 1.21 bits per heavy atom. The molecular weight excluding hydrogens is 424 g/mol. The lowest BCUT2D eigenvalue weighted by molar-refractivity contribution is 0.279. The Morgan fingerprint density at radius 3 is 2.79 bits per heavy atom. The fourth-order valence-electron chi connectivity index (χ4n) is 3.24. The zero-order valence-electron chi connectivity index (χ0n) is 18.7. The Morgan fingerprint density at radius 2 is 2.06 bits per heavy atom. The number of nitrogens with one attached hydrogen (secondary N) is 3. The molecule has 11 nitrogen and oxygen atoms in total. The number of H-pyrrole nitrogens is 1. The van der Waals surface area contributed by atoms with Crippen molar-refractivity contribution in [1.82, 2.24) is 29.7 Å². The topological polar surface area (TPSA) is 143 Å². The number of hydrogen-bond donors (Lipinski definition) is 4. The highest BCUT2D eigenvalue weighted by Crippen LogP contribution is 2.27. The van der Waals surface area contributed by atoms with Crippen LogP contribution in [0.5, 0.6) is 11.6 Å². The average Bonchev–Trinajstić information content (AvgIpc) is 3.25. The monoisotopic (exact) mass is 450 g/mol. The SMILES string of the molecule is CC(C)(C)Nc1nc(Nc2cc(Oc3cn[nH]c3)ncn2)cc2ccn(CCCO)c(=O)c12. The van der Waals surface area contributed by atoms with Gasteiger partial charge in [0.1, 0.15) is 23.8 Å². The Kier molecular flexibility index (Phi) is 6.22. The maximum absolute atomic E-state index is 13.1. The molecule has 0 aliphatic heterocycles. The predicted molar refractivity (Wildman–Crippen MR) is 125 cm³/mol. The Labute approximate surface area is 189 Å². The molecule has 0 spiro atoms. The normalized spacial score (nSPS) is 11.5. The molecule has 4 aromatic rings. The summed E-state index contributed by atoms with van der Waals surface area (Å²) in [7, 11) is 0. The van der Waals surface area contributed by atoms with Gasteiger partial charge in [0.25, 0.3) is 5.56 Å². The first-order valence-electron chi connectivity index (χ1n) is 10.5. The molecule has 0 saturated heterocycles. The Balaban J connectivity index is 1.70. The third kappa shape index (κ3) is 5.44. The highest BCUT2D eigenvalue weighted by molar-refractivity contribution is 5.93. The first-order chi connectivity index (χ1) is 15.8. The molecule has 4 rings (SSSR count). The van der Waals surface area contributed by atoms with Crippen LogP contribution >= 0.6 is 0 Å². The van der Waals surface area contributed by atoms with Crippen LogP contribution in [0.1, 0.15) is 27.2 Å². The van der Waals surface area contributed by atoms with Crippen LogP contribution in [0.25, 0.3) is 10.8 Å². The van der Waals surface area contributed by atoms with Gasteiger partial charge in [0.15, 0.2) is 5.75 Å². The second-order valence-corrected chi connectivity index (χ2v) is 8.49. The molecule has 4 heterocycles. The molecule has 0 unspecified atom stereocenters. The van der Waals surface area contributed by atoms with E-state index in [0.29, 0.717) is 47.4 Å². The van der Waals surface area contributed by atoms with Crippen molar-refractivity contribution in [3.63, 3.8) is 0 Å². The van der Waals surface area contributed by atoms with E-state index in [1.54, 1.807) is 29.1 Å². The molecule has 0 saturated carbocycles. The van der Waals surface area contributed by atoms with Crippen LogP contribution < -0.4 is 20.9 Å². The zero-order valence-corrected chi connectivity index (χ0v) is 18.7. The van der Waals surface area contributed by atoms with E-state index in [-0.39, 0.29) is 17.7 Å². The standard InChI is InChI=1S/C22H26N8O3/c1-22(2,3)29-20-19-14(5-7-30(21(19)32)6-4-8-31)9-17(28-20)27-16-10-18(24-13-23-16)33-15-11-25-26-12-15/h5,7,9-13,31H,4,6,8H2,1-3H3,(H,25,26)(H2,23,24,27,28,29). The summed E-state index contributed by atoms with van der Waals surface area (Å²) >= 11 is 0. The van der Waals surface area contributed by atoms with Crippen molar-refractivity contribution in [2.24, 2.45) is 0 Å². The molecular formula is C22H26N8O3.